The van der Waals surface area contributed by atoms with Gasteiger partial charge in [0.05, 0.1) is 11.8 Å². The molecule has 1 aromatic rings. The fraction of sp³-hybridized carbons (Fsp3) is 0.667. The standard InChI is InChI=1S/C12H16N2O/c1-14-7-8(6-13-14)12(15)11-9-4-2-3-5-10(9)11/h6-7,9-11H,2-5H2,1H3. The lowest BCUT2D eigenvalue weighted by Crippen LogP contribution is -2.02. The molecule has 2 aliphatic carbocycles. The Hall–Kier alpha value is -1.12. The van der Waals surface area contributed by atoms with Crippen LogP contribution < -0.4 is 0 Å². The number of Topliss-reactive ketones (excluding diaryl/α,β-unsaturated/α-hetero) is 1. The Morgan fingerprint density at radius 2 is 2.07 bits per heavy atom. The summed E-state index contributed by atoms with van der Waals surface area (Å²) in [6, 6.07) is 0. The molecule has 1 aromatic heterocycles. The van der Waals surface area contributed by atoms with Crippen molar-refractivity contribution in [3.63, 3.8) is 0 Å². The molecule has 0 radical (unpaired) electrons. The topological polar surface area (TPSA) is 34.9 Å². The number of hydrogen-bond acceptors (Lipinski definition) is 2. The zero-order chi connectivity index (χ0) is 10.4. The van der Waals surface area contributed by atoms with Crippen molar-refractivity contribution >= 4 is 5.78 Å². The van der Waals surface area contributed by atoms with E-state index in [0.717, 1.165) is 5.56 Å². The number of carbonyl (C=O) groups excluding carboxylic acids is 1. The summed E-state index contributed by atoms with van der Waals surface area (Å²) in [7, 11) is 1.86. The van der Waals surface area contributed by atoms with Crippen molar-refractivity contribution in [2.24, 2.45) is 24.8 Å². The van der Waals surface area contributed by atoms with Crippen molar-refractivity contribution in [3.8, 4) is 0 Å². The highest BCUT2D eigenvalue weighted by molar-refractivity contribution is 5.99. The molecule has 3 rings (SSSR count). The molecule has 2 unspecified atom stereocenters. The highest BCUT2D eigenvalue weighted by Crippen LogP contribution is 2.56. The van der Waals surface area contributed by atoms with Gasteiger partial charge in [0.2, 0.25) is 0 Å². The molecule has 80 valence electrons. The monoisotopic (exact) mass is 204 g/mol. The molecule has 2 aliphatic rings. The predicted octanol–water partition coefficient (Wildman–Crippen LogP) is 2.04. The number of hydrogen-bond donors (Lipinski definition) is 0. The van der Waals surface area contributed by atoms with Crippen LogP contribution in [0.2, 0.25) is 0 Å². The number of aromatic nitrogens is 2. The minimum absolute atomic E-state index is 0.330. The van der Waals surface area contributed by atoms with Gasteiger partial charge in [0.25, 0.3) is 0 Å². The van der Waals surface area contributed by atoms with Gasteiger partial charge >= 0.3 is 0 Å². The Labute approximate surface area is 89.5 Å². The van der Waals surface area contributed by atoms with E-state index in [1.165, 1.54) is 25.7 Å². The number of ketones is 1. The van der Waals surface area contributed by atoms with Crippen LogP contribution in [0.5, 0.6) is 0 Å². The highest BCUT2D eigenvalue weighted by Gasteiger charge is 2.54. The number of rotatable bonds is 2. The first-order chi connectivity index (χ1) is 7.27. The van der Waals surface area contributed by atoms with E-state index in [9.17, 15) is 4.79 Å². The average Bonchev–Trinajstić information content (AvgIpc) is 2.82. The van der Waals surface area contributed by atoms with Crippen molar-refractivity contribution in [1.82, 2.24) is 9.78 Å². The molecule has 3 heteroatoms. The molecule has 0 saturated heterocycles. The molecule has 0 N–H and O–H groups in total. The third-order valence-electron chi connectivity index (χ3n) is 3.95. The van der Waals surface area contributed by atoms with E-state index in [1.54, 1.807) is 10.9 Å². The average molecular weight is 204 g/mol. The molecule has 3 nitrogen and oxygen atoms in total. The maximum atomic E-state index is 12.1. The summed E-state index contributed by atoms with van der Waals surface area (Å²) >= 11 is 0. The minimum Gasteiger partial charge on any atom is -0.294 e. The Morgan fingerprint density at radius 3 is 2.60 bits per heavy atom. The summed E-state index contributed by atoms with van der Waals surface area (Å²) in [4.78, 5) is 12.1. The number of fused-ring (bicyclic) bond motifs is 1. The van der Waals surface area contributed by atoms with Crippen LogP contribution in [0.3, 0.4) is 0 Å². The van der Waals surface area contributed by atoms with E-state index in [-0.39, 0.29) is 0 Å². The summed E-state index contributed by atoms with van der Waals surface area (Å²) in [6.07, 6.45) is 8.71. The molecule has 0 spiro atoms. The molecular formula is C12H16N2O. The SMILES string of the molecule is Cn1cc(C(=O)C2C3CCCCC32)cn1. The van der Waals surface area contributed by atoms with Crippen LogP contribution in [0, 0.1) is 17.8 Å². The lowest BCUT2D eigenvalue weighted by Gasteiger charge is -2.04. The second kappa shape index (κ2) is 3.19. The van der Waals surface area contributed by atoms with Crippen molar-refractivity contribution in [1.29, 1.82) is 0 Å². The maximum Gasteiger partial charge on any atom is 0.169 e. The van der Waals surface area contributed by atoms with Crippen LogP contribution in [0.4, 0.5) is 0 Å². The van der Waals surface area contributed by atoms with Crippen LogP contribution in [-0.4, -0.2) is 15.6 Å². The first-order valence-corrected chi connectivity index (χ1v) is 5.80. The Balaban J connectivity index is 1.76. The molecule has 0 aliphatic heterocycles. The molecule has 2 fully saturated rings. The van der Waals surface area contributed by atoms with Crippen LogP contribution >= 0.6 is 0 Å². The van der Waals surface area contributed by atoms with Crippen molar-refractivity contribution < 1.29 is 4.79 Å². The van der Waals surface area contributed by atoms with Crippen LogP contribution in [0.25, 0.3) is 0 Å². The van der Waals surface area contributed by atoms with E-state index in [1.807, 2.05) is 13.2 Å². The summed E-state index contributed by atoms with van der Waals surface area (Å²) in [5.74, 6) is 2.06. The van der Waals surface area contributed by atoms with Gasteiger partial charge in [0, 0.05) is 19.2 Å². The van der Waals surface area contributed by atoms with Gasteiger partial charge in [-0.2, -0.15) is 5.10 Å². The second-order valence-electron chi connectivity index (χ2n) is 4.90. The lowest BCUT2D eigenvalue weighted by molar-refractivity contribution is 0.0956. The fourth-order valence-corrected chi connectivity index (χ4v) is 3.12. The normalized spacial score (nSPS) is 33.5. The summed E-state index contributed by atoms with van der Waals surface area (Å²) in [6.45, 7) is 0. The van der Waals surface area contributed by atoms with Crippen molar-refractivity contribution in [3.05, 3.63) is 18.0 Å². The quantitative estimate of drug-likeness (QED) is 0.691. The summed E-state index contributed by atoms with van der Waals surface area (Å²) < 4.78 is 1.71. The molecule has 15 heavy (non-hydrogen) atoms. The molecule has 2 atom stereocenters. The van der Waals surface area contributed by atoms with Crippen LogP contribution in [-0.2, 0) is 7.05 Å². The van der Waals surface area contributed by atoms with Gasteiger partial charge in [-0.05, 0) is 24.7 Å². The number of nitrogens with zero attached hydrogens (tertiary/aromatic N) is 2. The molecule has 2 saturated carbocycles. The van der Waals surface area contributed by atoms with E-state index < -0.39 is 0 Å². The Morgan fingerprint density at radius 1 is 1.40 bits per heavy atom. The van der Waals surface area contributed by atoms with E-state index in [2.05, 4.69) is 5.10 Å². The predicted molar refractivity (Wildman–Crippen MR) is 56.5 cm³/mol. The van der Waals surface area contributed by atoms with Gasteiger partial charge in [-0.15, -0.1) is 0 Å². The summed E-state index contributed by atoms with van der Waals surface area (Å²) in [5.41, 5.74) is 0.803. The van der Waals surface area contributed by atoms with Crippen molar-refractivity contribution in [2.75, 3.05) is 0 Å². The molecule has 0 amide bonds. The van der Waals surface area contributed by atoms with Crippen molar-refractivity contribution in [2.45, 2.75) is 25.7 Å². The lowest BCUT2D eigenvalue weighted by atomic mass is 10.0. The third kappa shape index (κ3) is 1.41. The Bertz CT molecular complexity index is 384. The first kappa shape index (κ1) is 9.13. The van der Waals surface area contributed by atoms with E-state index in [4.69, 9.17) is 0 Å². The first-order valence-electron chi connectivity index (χ1n) is 5.80. The maximum absolute atomic E-state index is 12.1. The van der Waals surface area contributed by atoms with Gasteiger partial charge in [0.15, 0.2) is 5.78 Å². The highest BCUT2D eigenvalue weighted by atomic mass is 16.1. The smallest absolute Gasteiger partial charge is 0.169 e. The van der Waals surface area contributed by atoms with Gasteiger partial charge in [-0.3, -0.25) is 9.48 Å². The second-order valence-corrected chi connectivity index (χ2v) is 4.90. The number of aryl methyl sites for hydroxylation is 1. The molecule has 0 aromatic carbocycles. The molecule has 1 heterocycles. The molecule has 0 bridgehead atoms. The zero-order valence-electron chi connectivity index (χ0n) is 9.02. The van der Waals surface area contributed by atoms with Gasteiger partial charge in [-0.25, -0.2) is 0 Å². The Kier molecular flexibility index (Phi) is 1.94. The van der Waals surface area contributed by atoms with Crippen LogP contribution in [0.15, 0.2) is 12.4 Å². The number of carbonyl (C=O) groups is 1. The van der Waals surface area contributed by atoms with E-state index in [0.29, 0.717) is 23.5 Å². The van der Waals surface area contributed by atoms with Gasteiger partial charge in [-0.1, -0.05) is 12.8 Å². The third-order valence-corrected chi connectivity index (χ3v) is 3.95. The zero-order valence-corrected chi connectivity index (χ0v) is 9.02. The van der Waals surface area contributed by atoms with E-state index >= 15 is 0 Å². The molecular weight excluding hydrogens is 188 g/mol. The fourth-order valence-electron chi connectivity index (χ4n) is 3.12. The van der Waals surface area contributed by atoms with Gasteiger partial charge < -0.3 is 0 Å². The van der Waals surface area contributed by atoms with Crippen LogP contribution in [0.1, 0.15) is 36.0 Å². The van der Waals surface area contributed by atoms with Gasteiger partial charge in [0.1, 0.15) is 0 Å². The largest absolute Gasteiger partial charge is 0.294 e. The minimum atomic E-state index is 0.330. The summed E-state index contributed by atoms with van der Waals surface area (Å²) in [5, 5.41) is 4.06.